The van der Waals surface area contributed by atoms with E-state index in [2.05, 4.69) is 15.4 Å². The Bertz CT molecular complexity index is 401. The molecule has 0 atom stereocenters. The molecule has 0 aliphatic carbocycles. The first-order valence-electron chi connectivity index (χ1n) is 3.88. The maximum Gasteiger partial charge on any atom is 0.154 e. The van der Waals surface area contributed by atoms with Gasteiger partial charge in [-0.25, -0.2) is 15.8 Å². The molecule has 0 aliphatic heterocycles. The van der Waals surface area contributed by atoms with Gasteiger partial charge < -0.3 is 5.43 Å². The number of anilines is 1. The number of nitrogens with one attached hydrogen (secondary N) is 1. The first-order valence-corrected chi connectivity index (χ1v) is 5.58. The van der Waals surface area contributed by atoms with E-state index >= 15 is 0 Å². The predicted octanol–water partition coefficient (Wildman–Crippen LogP) is 1.97. The molecule has 0 aliphatic rings. The number of nitrogens with two attached hydrogens (primary N) is 1. The maximum atomic E-state index is 5.26. The molecule has 0 unspecified atom stereocenters. The summed E-state index contributed by atoms with van der Waals surface area (Å²) in [6.07, 6.45) is 3.50. The average molecular weight is 224 g/mol. The highest BCUT2D eigenvalue weighted by atomic mass is 32.2. The van der Waals surface area contributed by atoms with Gasteiger partial charge in [0.05, 0.1) is 0 Å². The van der Waals surface area contributed by atoms with E-state index in [1.807, 2.05) is 17.5 Å². The van der Waals surface area contributed by atoms with Crippen LogP contribution in [-0.2, 0) is 0 Å². The van der Waals surface area contributed by atoms with Crippen molar-refractivity contribution >= 4 is 28.9 Å². The van der Waals surface area contributed by atoms with Gasteiger partial charge in [0.1, 0.15) is 5.82 Å². The number of pyridine rings is 1. The van der Waals surface area contributed by atoms with Gasteiger partial charge in [0.2, 0.25) is 0 Å². The predicted molar refractivity (Wildman–Crippen MR) is 58.3 cm³/mol. The lowest BCUT2D eigenvalue weighted by atomic mass is 10.5. The fourth-order valence-electron chi connectivity index (χ4n) is 0.915. The lowest BCUT2D eigenvalue weighted by Gasteiger charge is -2.00. The minimum absolute atomic E-state index is 0.659. The Kier molecular flexibility index (Phi) is 2.97. The Morgan fingerprint density at radius 1 is 1.36 bits per heavy atom. The largest absolute Gasteiger partial charge is 0.308 e. The highest BCUT2D eigenvalue weighted by molar-refractivity contribution is 8.01. The molecule has 3 N–H and O–H groups in total. The third-order valence-electron chi connectivity index (χ3n) is 1.49. The summed E-state index contributed by atoms with van der Waals surface area (Å²) in [5, 5.41) is 1.95. The van der Waals surface area contributed by atoms with Gasteiger partial charge in [0.15, 0.2) is 4.34 Å². The average Bonchev–Trinajstić information content (AvgIpc) is 2.71. The zero-order valence-corrected chi connectivity index (χ0v) is 8.81. The fraction of sp³-hybridized carbons (Fsp3) is 0. The van der Waals surface area contributed by atoms with Gasteiger partial charge in [-0.15, -0.1) is 11.3 Å². The van der Waals surface area contributed by atoms with Crippen molar-refractivity contribution in [3.05, 3.63) is 29.9 Å². The minimum atomic E-state index is 0.659. The standard InChI is InChI=1S/C8H8N4S2/c9-12-7-5-6(1-2-10-7)14-8-11-3-4-13-8/h1-5H,9H2,(H,10,12). The van der Waals surface area contributed by atoms with Crippen LogP contribution in [0.5, 0.6) is 0 Å². The van der Waals surface area contributed by atoms with Gasteiger partial charge in [0, 0.05) is 22.7 Å². The van der Waals surface area contributed by atoms with Gasteiger partial charge in [-0.3, -0.25) is 0 Å². The SMILES string of the molecule is NNc1cc(Sc2nccs2)ccn1. The molecule has 6 heteroatoms. The summed E-state index contributed by atoms with van der Waals surface area (Å²) >= 11 is 3.21. The third kappa shape index (κ3) is 2.22. The van der Waals surface area contributed by atoms with Crippen LogP contribution in [0.25, 0.3) is 0 Å². The summed E-state index contributed by atoms with van der Waals surface area (Å²) in [6, 6.07) is 3.80. The molecule has 2 rings (SSSR count). The number of nitrogen functional groups attached to an aromatic ring is 1. The van der Waals surface area contributed by atoms with E-state index in [0.717, 1.165) is 9.24 Å². The molecule has 2 aromatic rings. The summed E-state index contributed by atoms with van der Waals surface area (Å²) in [4.78, 5) is 9.27. The Morgan fingerprint density at radius 2 is 2.29 bits per heavy atom. The molecule has 0 amide bonds. The quantitative estimate of drug-likeness (QED) is 0.616. The van der Waals surface area contributed by atoms with E-state index in [0.29, 0.717) is 5.82 Å². The van der Waals surface area contributed by atoms with E-state index in [4.69, 9.17) is 5.84 Å². The van der Waals surface area contributed by atoms with Crippen molar-refractivity contribution in [3.63, 3.8) is 0 Å². The van der Waals surface area contributed by atoms with Gasteiger partial charge in [0.25, 0.3) is 0 Å². The van der Waals surface area contributed by atoms with Crippen molar-refractivity contribution in [3.8, 4) is 0 Å². The smallest absolute Gasteiger partial charge is 0.154 e. The molecule has 0 aromatic carbocycles. The van der Waals surface area contributed by atoms with E-state index < -0.39 is 0 Å². The Balaban J connectivity index is 2.17. The maximum absolute atomic E-state index is 5.26. The molecule has 0 bridgehead atoms. The van der Waals surface area contributed by atoms with Crippen LogP contribution < -0.4 is 11.3 Å². The van der Waals surface area contributed by atoms with Gasteiger partial charge in [-0.1, -0.05) is 11.8 Å². The molecule has 0 radical (unpaired) electrons. The van der Waals surface area contributed by atoms with Crippen LogP contribution in [-0.4, -0.2) is 9.97 Å². The first kappa shape index (κ1) is 9.45. The second-order valence-electron chi connectivity index (χ2n) is 2.42. The van der Waals surface area contributed by atoms with Crippen molar-refractivity contribution < 1.29 is 0 Å². The molecule has 4 nitrogen and oxygen atoms in total. The van der Waals surface area contributed by atoms with E-state index in [9.17, 15) is 0 Å². The van der Waals surface area contributed by atoms with Crippen molar-refractivity contribution in [2.45, 2.75) is 9.24 Å². The van der Waals surface area contributed by atoms with Crippen LogP contribution in [0.4, 0.5) is 5.82 Å². The topological polar surface area (TPSA) is 63.8 Å². The second-order valence-corrected chi connectivity index (χ2v) is 4.64. The highest BCUT2D eigenvalue weighted by Crippen LogP contribution is 2.29. The van der Waals surface area contributed by atoms with Crippen LogP contribution in [0.3, 0.4) is 0 Å². The number of hydrogen-bond acceptors (Lipinski definition) is 6. The van der Waals surface area contributed by atoms with Crippen LogP contribution in [0, 0.1) is 0 Å². The number of aromatic nitrogens is 2. The van der Waals surface area contributed by atoms with Crippen LogP contribution >= 0.6 is 23.1 Å². The van der Waals surface area contributed by atoms with Gasteiger partial charge >= 0.3 is 0 Å². The van der Waals surface area contributed by atoms with Crippen LogP contribution in [0.1, 0.15) is 0 Å². The summed E-state index contributed by atoms with van der Waals surface area (Å²) in [7, 11) is 0. The lowest BCUT2D eigenvalue weighted by Crippen LogP contribution is -2.07. The first-order chi connectivity index (χ1) is 6.88. The lowest BCUT2D eigenvalue weighted by molar-refractivity contribution is 1.19. The van der Waals surface area contributed by atoms with E-state index in [1.165, 1.54) is 0 Å². The fourth-order valence-corrected chi connectivity index (χ4v) is 2.54. The highest BCUT2D eigenvalue weighted by Gasteiger charge is 2.00. The summed E-state index contributed by atoms with van der Waals surface area (Å²) in [5.74, 6) is 5.92. The van der Waals surface area contributed by atoms with Gasteiger partial charge in [-0.2, -0.15) is 0 Å². The number of nitrogens with zero attached hydrogens (tertiary/aromatic N) is 2. The molecular weight excluding hydrogens is 216 g/mol. The van der Waals surface area contributed by atoms with Gasteiger partial charge in [-0.05, 0) is 12.1 Å². The normalized spacial score (nSPS) is 10.1. The molecule has 0 saturated carbocycles. The summed E-state index contributed by atoms with van der Waals surface area (Å²) in [6.45, 7) is 0. The number of hydrogen-bond donors (Lipinski definition) is 2. The monoisotopic (exact) mass is 224 g/mol. The summed E-state index contributed by atoms with van der Waals surface area (Å²) in [5.41, 5.74) is 2.51. The zero-order chi connectivity index (χ0) is 9.80. The number of thiazole rings is 1. The second kappa shape index (κ2) is 4.41. The van der Waals surface area contributed by atoms with Crippen LogP contribution in [0.2, 0.25) is 0 Å². The van der Waals surface area contributed by atoms with Crippen molar-refractivity contribution in [1.29, 1.82) is 0 Å². The van der Waals surface area contributed by atoms with E-state index in [1.54, 1.807) is 35.5 Å². The zero-order valence-electron chi connectivity index (χ0n) is 7.18. The van der Waals surface area contributed by atoms with Crippen molar-refractivity contribution in [2.24, 2.45) is 5.84 Å². The van der Waals surface area contributed by atoms with Crippen molar-refractivity contribution in [2.75, 3.05) is 5.43 Å². The molecule has 0 saturated heterocycles. The van der Waals surface area contributed by atoms with Crippen molar-refractivity contribution in [1.82, 2.24) is 9.97 Å². The molecule has 2 heterocycles. The molecular formula is C8H8N4S2. The number of hydrazine groups is 1. The Labute approximate surface area is 89.6 Å². The summed E-state index contributed by atoms with van der Waals surface area (Å²) < 4.78 is 1.01. The molecule has 2 aromatic heterocycles. The Hall–Kier alpha value is -1.11. The molecule has 14 heavy (non-hydrogen) atoms. The Morgan fingerprint density at radius 3 is 3.00 bits per heavy atom. The molecule has 0 fully saturated rings. The van der Waals surface area contributed by atoms with Crippen LogP contribution in [0.15, 0.2) is 39.1 Å². The molecule has 0 spiro atoms. The third-order valence-corrected chi connectivity index (χ3v) is 3.37. The number of rotatable bonds is 3. The minimum Gasteiger partial charge on any atom is -0.308 e. The molecule has 72 valence electrons. The van der Waals surface area contributed by atoms with E-state index in [-0.39, 0.29) is 0 Å².